The molecule has 0 atom stereocenters. The number of hydrogen-bond donors (Lipinski definition) is 2. The average Bonchev–Trinajstić information content (AvgIpc) is 2.16. The highest BCUT2D eigenvalue weighted by atomic mass is 19.4. The topological polar surface area (TPSA) is 50.9 Å². The number of anilines is 1. The molecule has 0 aromatic carbocycles. The Morgan fingerprint density at radius 3 is 2.44 bits per heavy atom. The normalized spacial score (nSPS) is 12.6. The molecule has 3 nitrogen and oxygen atoms in total. The van der Waals surface area contributed by atoms with E-state index in [-0.39, 0.29) is 5.82 Å². The summed E-state index contributed by atoms with van der Waals surface area (Å²) in [7, 11) is 0. The van der Waals surface area contributed by atoms with Crippen LogP contribution in [0.1, 0.15) is 19.5 Å². The molecule has 16 heavy (non-hydrogen) atoms. The summed E-state index contributed by atoms with van der Waals surface area (Å²) < 4.78 is 37.1. The second-order valence-corrected chi connectivity index (χ2v) is 4.12. The second kappa shape index (κ2) is 4.29. The molecule has 1 aromatic rings. The van der Waals surface area contributed by atoms with Crippen molar-refractivity contribution in [2.24, 2.45) is 5.73 Å². The van der Waals surface area contributed by atoms with Crippen LogP contribution in [-0.2, 0) is 6.18 Å². The van der Waals surface area contributed by atoms with Crippen molar-refractivity contribution in [3.63, 3.8) is 0 Å². The highest BCUT2D eigenvalue weighted by molar-refractivity contribution is 5.38. The van der Waals surface area contributed by atoms with Crippen molar-refractivity contribution in [3.05, 3.63) is 23.9 Å². The maximum atomic E-state index is 12.4. The van der Waals surface area contributed by atoms with Gasteiger partial charge in [0.2, 0.25) is 0 Å². The van der Waals surface area contributed by atoms with Crippen molar-refractivity contribution in [2.45, 2.75) is 25.6 Å². The molecule has 0 aliphatic carbocycles. The molecule has 0 fully saturated rings. The van der Waals surface area contributed by atoms with Gasteiger partial charge in [0.1, 0.15) is 11.5 Å². The highest BCUT2D eigenvalue weighted by Gasteiger charge is 2.32. The van der Waals surface area contributed by atoms with E-state index >= 15 is 0 Å². The van der Waals surface area contributed by atoms with Crippen LogP contribution < -0.4 is 11.1 Å². The van der Waals surface area contributed by atoms with Crippen molar-refractivity contribution in [2.75, 3.05) is 11.9 Å². The van der Waals surface area contributed by atoms with E-state index in [4.69, 9.17) is 5.73 Å². The molecular weight excluding hydrogens is 219 g/mol. The molecule has 0 aliphatic rings. The molecule has 90 valence electrons. The summed E-state index contributed by atoms with van der Waals surface area (Å²) in [5.41, 5.74) is 4.06. The van der Waals surface area contributed by atoms with Crippen LogP contribution in [0.5, 0.6) is 0 Å². The Bertz CT molecular complexity index is 361. The molecule has 0 radical (unpaired) electrons. The molecule has 1 rings (SSSR count). The highest BCUT2D eigenvalue weighted by Crippen LogP contribution is 2.28. The first-order valence-electron chi connectivity index (χ1n) is 4.77. The molecule has 0 aliphatic heterocycles. The Morgan fingerprint density at radius 2 is 1.94 bits per heavy atom. The van der Waals surface area contributed by atoms with Crippen LogP contribution in [-0.4, -0.2) is 17.1 Å². The van der Waals surface area contributed by atoms with Gasteiger partial charge in [-0.3, -0.25) is 0 Å². The van der Waals surface area contributed by atoms with Crippen molar-refractivity contribution >= 4 is 5.82 Å². The second-order valence-electron chi connectivity index (χ2n) is 4.12. The van der Waals surface area contributed by atoms with Gasteiger partial charge in [0.15, 0.2) is 0 Å². The Balaban J connectivity index is 2.92. The van der Waals surface area contributed by atoms with Crippen LogP contribution >= 0.6 is 0 Å². The van der Waals surface area contributed by atoms with E-state index < -0.39 is 17.4 Å². The van der Waals surface area contributed by atoms with Gasteiger partial charge in [-0.2, -0.15) is 13.2 Å². The third kappa shape index (κ3) is 3.37. The van der Waals surface area contributed by atoms with E-state index in [1.807, 2.05) is 0 Å². The van der Waals surface area contributed by atoms with Crippen LogP contribution in [0, 0.1) is 0 Å². The van der Waals surface area contributed by atoms with Gasteiger partial charge in [-0.1, -0.05) is 6.07 Å². The summed E-state index contributed by atoms with van der Waals surface area (Å²) in [6.45, 7) is 3.87. The van der Waals surface area contributed by atoms with Gasteiger partial charge in [-0.05, 0) is 26.0 Å². The summed E-state index contributed by atoms with van der Waals surface area (Å²) in [4.78, 5) is 3.49. The van der Waals surface area contributed by atoms with Crippen molar-refractivity contribution in [1.82, 2.24) is 4.98 Å². The van der Waals surface area contributed by atoms with Gasteiger partial charge in [0, 0.05) is 12.1 Å². The smallest absolute Gasteiger partial charge is 0.364 e. The van der Waals surface area contributed by atoms with Crippen LogP contribution in [0.2, 0.25) is 0 Å². The maximum Gasteiger partial charge on any atom is 0.433 e. The Hall–Kier alpha value is -1.30. The summed E-state index contributed by atoms with van der Waals surface area (Å²) in [6, 6.07) is 3.72. The van der Waals surface area contributed by atoms with E-state index in [1.165, 1.54) is 12.1 Å². The molecule has 0 unspecified atom stereocenters. The molecule has 1 aromatic heterocycles. The molecule has 1 heterocycles. The summed E-state index contributed by atoms with van der Waals surface area (Å²) in [5, 5.41) is 2.84. The molecular formula is C10H14F3N3. The minimum Gasteiger partial charge on any atom is -0.364 e. The number of aromatic nitrogens is 1. The lowest BCUT2D eigenvalue weighted by molar-refractivity contribution is -0.141. The van der Waals surface area contributed by atoms with Gasteiger partial charge in [-0.25, -0.2) is 4.98 Å². The largest absolute Gasteiger partial charge is 0.433 e. The van der Waals surface area contributed by atoms with E-state index in [9.17, 15) is 13.2 Å². The van der Waals surface area contributed by atoms with Crippen LogP contribution in [0.4, 0.5) is 19.0 Å². The zero-order valence-electron chi connectivity index (χ0n) is 9.10. The lowest BCUT2D eigenvalue weighted by atomic mass is 10.1. The molecule has 0 saturated carbocycles. The maximum absolute atomic E-state index is 12.4. The number of halogens is 3. The van der Waals surface area contributed by atoms with Crippen molar-refractivity contribution in [1.29, 1.82) is 0 Å². The number of nitrogens with one attached hydrogen (secondary N) is 1. The van der Waals surface area contributed by atoms with E-state index in [1.54, 1.807) is 13.8 Å². The van der Waals surface area contributed by atoms with Gasteiger partial charge in [0.25, 0.3) is 0 Å². The predicted molar refractivity (Wildman–Crippen MR) is 56.0 cm³/mol. The molecule has 0 amide bonds. The summed E-state index contributed by atoms with van der Waals surface area (Å²) in [6.07, 6.45) is -4.43. The quantitative estimate of drug-likeness (QED) is 0.841. The van der Waals surface area contributed by atoms with Gasteiger partial charge >= 0.3 is 6.18 Å². The van der Waals surface area contributed by atoms with Crippen molar-refractivity contribution in [3.8, 4) is 0 Å². The van der Waals surface area contributed by atoms with Gasteiger partial charge in [-0.15, -0.1) is 0 Å². The average molecular weight is 233 g/mol. The van der Waals surface area contributed by atoms with Gasteiger partial charge in [0.05, 0.1) is 0 Å². The molecule has 3 N–H and O–H groups in total. The number of hydrogen-bond acceptors (Lipinski definition) is 3. The lowest BCUT2D eigenvalue weighted by Gasteiger charge is -2.25. The van der Waals surface area contributed by atoms with Crippen LogP contribution in [0.3, 0.4) is 0 Å². The SMILES string of the molecule is CC(C)(CN)Nc1cccc(C(F)(F)F)n1. The fourth-order valence-electron chi connectivity index (χ4n) is 1.06. The zero-order chi connectivity index (χ0) is 12.4. The number of nitrogens with zero attached hydrogens (tertiary/aromatic N) is 1. The third-order valence-electron chi connectivity index (χ3n) is 2.02. The zero-order valence-corrected chi connectivity index (χ0v) is 9.10. The van der Waals surface area contributed by atoms with E-state index in [2.05, 4.69) is 10.3 Å². The standard InChI is InChI=1S/C10H14F3N3/c1-9(2,6-14)16-8-5-3-4-7(15-8)10(11,12)13/h3-5H,6,14H2,1-2H3,(H,15,16). The van der Waals surface area contributed by atoms with Crippen LogP contribution in [0.25, 0.3) is 0 Å². The first kappa shape index (κ1) is 12.8. The number of alkyl halides is 3. The summed E-state index contributed by atoms with van der Waals surface area (Å²) in [5.74, 6) is 0.172. The fraction of sp³-hybridized carbons (Fsp3) is 0.500. The monoisotopic (exact) mass is 233 g/mol. The molecule has 0 bridgehead atoms. The Morgan fingerprint density at radius 1 is 1.31 bits per heavy atom. The van der Waals surface area contributed by atoms with E-state index in [0.29, 0.717) is 6.54 Å². The van der Waals surface area contributed by atoms with Gasteiger partial charge < -0.3 is 11.1 Å². The molecule has 0 saturated heterocycles. The Kier molecular flexibility index (Phi) is 3.42. The van der Waals surface area contributed by atoms with Crippen molar-refractivity contribution < 1.29 is 13.2 Å². The Labute approximate surface area is 91.9 Å². The molecule has 6 heteroatoms. The first-order valence-corrected chi connectivity index (χ1v) is 4.77. The third-order valence-corrected chi connectivity index (χ3v) is 2.02. The minimum absolute atomic E-state index is 0.172. The van der Waals surface area contributed by atoms with E-state index in [0.717, 1.165) is 6.07 Å². The lowest BCUT2D eigenvalue weighted by Crippen LogP contribution is -2.39. The minimum atomic E-state index is -4.43. The fourth-order valence-corrected chi connectivity index (χ4v) is 1.06. The summed E-state index contributed by atoms with van der Waals surface area (Å²) >= 11 is 0. The number of nitrogens with two attached hydrogens (primary N) is 1. The first-order chi connectivity index (χ1) is 7.24. The number of pyridine rings is 1. The predicted octanol–water partition coefficient (Wildman–Crippen LogP) is 2.25. The molecule has 0 spiro atoms. The number of rotatable bonds is 3. The van der Waals surface area contributed by atoms with Crippen LogP contribution in [0.15, 0.2) is 18.2 Å².